The molecular weight excluding hydrogens is 276 g/mol. The molecule has 0 spiro atoms. The Bertz CT molecular complexity index is 457. The number of carboxylic acid groups (broad SMARTS) is 1. The SMILES string of the molecule is CCc1ccsc1CNC(=O)NC(CC(C)C)C(=O)O. The molecule has 1 unspecified atom stereocenters. The first kappa shape index (κ1) is 16.5. The van der Waals surface area contributed by atoms with Crippen molar-refractivity contribution in [1.29, 1.82) is 0 Å². The Morgan fingerprint density at radius 3 is 2.65 bits per heavy atom. The van der Waals surface area contributed by atoms with Crippen LogP contribution in [-0.4, -0.2) is 23.1 Å². The van der Waals surface area contributed by atoms with Crippen molar-refractivity contribution < 1.29 is 14.7 Å². The average molecular weight is 298 g/mol. The van der Waals surface area contributed by atoms with Crippen LogP contribution >= 0.6 is 11.3 Å². The van der Waals surface area contributed by atoms with Crippen molar-refractivity contribution in [3.63, 3.8) is 0 Å². The molecule has 1 rings (SSSR count). The van der Waals surface area contributed by atoms with Gasteiger partial charge in [0.05, 0.1) is 6.54 Å². The van der Waals surface area contributed by atoms with Crippen LogP contribution in [0.2, 0.25) is 0 Å². The lowest BCUT2D eigenvalue weighted by Crippen LogP contribution is -2.46. The summed E-state index contributed by atoms with van der Waals surface area (Å²) in [5.74, 6) is -0.792. The molecule has 0 aliphatic carbocycles. The van der Waals surface area contributed by atoms with Crippen LogP contribution in [0.15, 0.2) is 11.4 Å². The summed E-state index contributed by atoms with van der Waals surface area (Å²) in [7, 11) is 0. The molecule has 0 saturated carbocycles. The molecular formula is C14H22N2O3S. The summed E-state index contributed by atoms with van der Waals surface area (Å²) < 4.78 is 0. The van der Waals surface area contributed by atoms with Gasteiger partial charge in [0.15, 0.2) is 0 Å². The van der Waals surface area contributed by atoms with E-state index in [0.29, 0.717) is 13.0 Å². The lowest BCUT2D eigenvalue weighted by Gasteiger charge is -2.16. The van der Waals surface area contributed by atoms with Gasteiger partial charge in [-0.25, -0.2) is 9.59 Å². The van der Waals surface area contributed by atoms with E-state index in [2.05, 4.69) is 17.6 Å². The average Bonchev–Trinajstić information content (AvgIpc) is 2.82. The smallest absolute Gasteiger partial charge is 0.326 e. The van der Waals surface area contributed by atoms with E-state index in [-0.39, 0.29) is 5.92 Å². The Hall–Kier alpha value is -1.56. The Morgan fingerprint density at radius 2 is 2.10 bits per heavy atom. The van der Waals surface area contributed by atoms with Gasteiger partial charge in [0.2, 0.25) is 0 Å². The number of hydrogen-bond donors (Lipinski definition) is 3. The van der Waals surface area contributed by atoms with Crippen LogP contribution in [-0.2, 0) is 17.8 Å². The van der Waals surface area contributed by atoms with Crippen molar-refractivity contribution in [2.75, 3.05) is 0 Å². The summed E-state index contributed by atoms with van der Waals surface area (Å²) in [6.45, 7) is 6.35. The van der Waals surface area contributed by atoms with E-state index in [1.807, 2.05) is 25.3 Å². The highest BCUT2D eigenvalue weighted by molar-refractivity contribution is 7.10. The first-order valence-corrected chi connectivity index (χ1v) is 7.64. The zero-order valence-corrected chi connectivity index (χ0v) is 12.9. The second-order valence-corrected chi connectivity index (χ2v) is 6.07. The number of aryl methyl sites for hydroxylation is 1. The van der Waals surface area contributed by atoms with Crippen LogP contribution in [0.5, 0.6) is 0 Å². The molecule has 0 radical (unpaired) electrons. The van der Waals surface area contributed by atoms with Crippen LogP contribution in [0.4, 0.5) is 4.79 Å². The third-order valence-corrected chi connectivity index (χ3v) is 3.90. The van der Waals surface area contributed by atoms with Gasteiger partial charge in [0.1, 0.15) is 6.04 Å². The second-order valence-electron chi connectivity index (χ2n) is 5.07. The highest BCUT2D eigenvalue weighted by Crippen LogP contribution is 2.16. The summed E-state index contributed by atoms with van der Waals surface area (Å²) in [4.78, 5) is 23.9. The van der Waals surface area contributed by atoms with Crippen molar-refractivity contribution in [3.8, 4) is 0 Å². The van der Waals surface area contributed by atoms with Gasteiger partial charge in [-0.15, -0.1) is 11.3 Å². The van der Waals surface area contributed by atoms with Gasteiger partial charge < -0.3 is 15.7 Å². The van der Waals surface area contributed by atoms with Crippen LogP contribution in [0.25, 0.3) is 0 Å². The zero-order valence-electron chi connectivity index (χ0n) is 12.1. The standard InChI is InChI=1S/C14H22N2O3S/c1-4-10-5-6-20-12(10)8-15-14(19)16-11(13(17)18)7-9(2)3/h5-6,9,11H,4,7-8H2,1-3H3,(H,17,18)(H2,15,16,19). The highest BCUT2D eigenvalue weighted by Gasteiger charge is 2.20. The molecule has 1 heterocycles. The summed E-state index contributed by atoms with van der Waals surface area (Å²) >= 11 is 1.59. The molecule has 112 valence electrons. The largest absolute Gasteiger partial charge is 0.480 e. The van der Waals surface area contributed by atoms with Crippen LogP contribution in [0.3, 0.4) is 0 Å². The molecule has 1 atom stereocenters. The van der Waals surface area contributed by atoms with Gasteiger partial charge in [-0.3, -0.25) is 0 Å². The van der Waals surface area contributed by atoms with E-state index in [1.165, 1.54) is 5.56 Å². The topological polar surface area (TPSA) is 78.4 Å². The normalized spacial score (nSPS) is 12.2. The number of rotatable bonds is 7. The van der Waals surface area contributed by atoms with Crippen LogP contribution in [0, 0.1) is 5.92 Å². The highest BCUT2D eigenvalue weighted by atomic mass is 32.1. The third-order valence-electron chi connectivity index (χ3n) is 2.94. The maximum absolute atomic E-state index is 11.8. The minimum Gasteiger partial charge on any atom is -0.480 e. The van der Waals surface area contributed by atoms with E-state index in [0.717, 1.165) is 11.3 Å². The second kappa shape index (κ2) is 7.89. The fourth-order valence-electron chi connectivity index (χ4n) is 1.90. The first-order valence-electron chi connectivity index (χ1n) is 6.76. The van der Waals surface area contributed by atoms with E-state index < -0.39 is 18.0 Å². The number of amides is 2. The zero-order chi connectivity index (χ0) is 15.1. The first-order chi connectivity index (χ1) is 9.43. The van der Waals surface area contributed by atoms with Gasteiger partial charge in [-0.05, 0) is 35.8 Å². The summed E-state index contributed by atoms with van der Waals surface area (Å²) in [6.07, 6.45) is 1.34. The van der Waals surface area contributed by atoms with Crippen molar-refractivity contribution in [1.82, 2.24) is 10.6 Å². The molecule has 0 aromatic carbocycles. The molecule has 0 aliphatic heterocycles. The number of urea groups is 1. The number of thiophene rings is 1. The van der Waals surface area contributed by atoms with Crippen LogP contribution < -0.4 is 10.6 Å². The number of aliphatic carboxylic acids is 1. The van der Waals surface area contributed by atoms with Crippen LogP contribution in [0.1, 0.15) is 37.6 Å². The molecule has 0 fully saturated rings. The quantitative estimate of drug-likeness (QED) is 0.724. The van der Waals surface area contributed by atoms with Crippen molar-refractivity contribution in [2.24, 2.45) is 5.92 Å². The predicted octanol–water partition coefficient (Wildman–Crippen LogP) is 2.61. The molecule has 1 aromatic heterocycles. The van der Waals surface area contributed by atoms with Gasteiger partial charge >= 0.3 is 12.0 Å². The van der Waals surface area contributed by atoms with Gasteiger partial charge in [-0.1, -0.05) is 20.8 Å². The predicted molar refractivity (Wildman–Crippen MR) is 79.9 cm³/mol. The minimum absolute atomic E-state index is 0.209. The summed E-state index contributed by atoms with van der Waals surface area (Å²) in [5, 5.41) is 16.3. The van der Waals surface area contributed by atoms with Gasteiger partial charge in [-0.2, -0.15) is 0 Å². The third kappa shape index (κ3) is 5.21. The molecule has 6 heteroatoms. The maximum Gasteiger partial charge on any atom is 0.326 e. The van der Waals surface area contributed by atoms with E-state index in [4.69, 9.17) is 5.11 Å². The summed E-state index contributed by atoms with van der Waals surface area (Å²) in [6, 6.07) is 0.760. The number of carbonyl (C=O) groups excluding carboxylic acids is 1. The molecule has 2 amide bonds. The number of carbonyl (C=O) groups is 2. The Morgan fingerprint density at radius 1 is 1.40 bits per heavy atom. The molecule has 20 heavy (non-hydrogen) atoms. The number of carboxylic acids is 1. The monoisotopic (exact) mass is 298 g/mol. The number of nitrogens with one attached hydrogen (secondary N) is 2. The van der Waals surface area contributed by atoms with Crippen molar-refractivity contribution in [2.45, 2.75) is 46.2 Å². The van der Waals surface area contributed by atoms with Gasteiger partial charge in [0.25, 0.3) is 0 Å². The fraction of sp³-hybridized carbons (Fsp3) is 0.571. The number of hydrogen-bond acceptors (Lipinski definition) is 3. The van der Waals surface area contributed by atoms with E-state index >= 15 is 0 Å². The Balaban J connectivity index is 2.48. The van der Waals surface area contributed by atoms with E-state index in [9.17, 15) is 9.59 Å². The molecule has 5 nitrogen and oxygen atoms in total. The Labute approximate surface area is 123 Å². The molecule has 3 N–H and O–H groups in total. The Kier molecular flexibility index (Phi) is 6.51. The van der Waals surface area contributed by atoms with Crippen molar-refractivity contribution >= 4 is 23.3 Å². The minimum atomic E-state index is -1.00. The molecule has 0 bridgehead atoms. The molecule has 1 aromatic rings. The molecule has 0 aliphatic rings. The molecule has 0 saturated heterocycles. The maximum atomic E-state index is 11.8. The van der Waals surface area contributed by atoms with Gasteiger partial charge in [0, 0.05) is 4.88 Å². The summed E-state index contributed by atoms with van der Waals surface area (Å²) in [5.41, 5.74) is 1.22. The fourth-order valence-corrected chi connectivity index (χ4v) is 2.82. The van der Waals surface area contributed by atoms with E-state index in [1.54, 1.807) is 11.3 Å². The lowest BCUT2D eigenvalue weighted by molar-refractivity contribution is -0.139. The lowest BCUT2D eigenvalue weighted by atomic mass is 10.0. The van der Waals surface area contributed by atoms with Crippen molar-refractivity contribution in [3.05, 3.63) is 21.9 Å².